The van der Waals surface area contributed by atoms with E-state index in [1.807, 2.05) is 40.8 Å². The molecular formula is C17H18BrIN2O3S. The second kappa shape index (κ2) is 7.21. The van der Waals surface area contributed by atoms with E-state index in [4.69, 9.17) is 0 Å². The topological polar surface area (TPSA) is 83.3 Å². The summed E-state index contributed by atoms with van der Waals surface area (Å²) in [6.45, 7) is 1.79. The molecule has 3 rings (SSSR count). The lowest BCUT2D eigenvalue weighted by Crippen LogP contribution is -2.41. The highest BCUT2D eigenvalue weighted by Crippen LogP contribution is 2.47. The molecule has 0 saturated heterocycles. The fourth-order valence-corrected chi connectivity index (χ4v) is 5.18. The van der Waals surface area contributed by atoms with Crippen molar-refractivity contribution in [3.05, 3.63) is 34.0 Å². The first kappa shape index (κ1) is 19.2. The second-order valence-corrected chi connectivity index (χ2v) is 10.5. The first-order valence-corrected chi connectivity index (χ1v) is 10.6. The third kappa shape index (κ3) is 3.91. The Labute approximate surface area is 172 Å². The van der Waals surface area contributed by atoms with Crippen LogP contribution in [0.25, 0.3) is 10.6 Å². The molecule has 0 aliphatic heterocycles. The quantitative estimate of drug-likeness (QED) is 0.338. The Morgan fingerprint density at radius 1 is 1.44 bits per heavy atom. The minimum atomic E-state index is -1.06. The van der Waals surface area contributed by atoms with Crippen LogP contribution in [0.4, 0.5) is 0 Å². The van der Waals surface area contributed by atoms with E-state index in [1.54, 1.807) is 13.1 Å². The Morgan fingerprint density at radius 2 is 2.12 bits per heavy atom. The minimum Gasteiger partial charge on any atom is -0.480 e. The van der Waals surface area contributed by atoms with Crippen LogP contribution in [-0.4, -0.2) is 29.6 Å². The number of rotatable bonds is 4. The number of halogens is 2. The van der Waals surface area contributed by atoms with Gasteiger partial charge in [-0.1, -0.05) is 28.7 Å². The van der Waals surface area contributed by atoms with Gasteiger partial charge in [0.05, 0.1) is 10.6 Å². The smallest absolute Gasteiger partial charge is 0.319 e. The second-order valence-electron chi connectivity index (χ2n) is 6.57. The number of aliphatic hydroxyl groups is 1. The number of thiazole rings is 1. The van der Waals surface area contributed by atoms with Crippen molar-refractivity contribution in [3.8, 4) is 10.6 Å². The third-order valence-electron chi connectivity index (χ3n) is 4.86. The van der Waals surface area contributed by atoms with E-state index in [-0.39, 0.29) is 5.92 Å². The lowest BCUT2D eigenvalue weighted by molar-refractivity contribution is -0.141. The molecule has 0 bridgehead atoms. The number of aliphatic carboxylic acids is 1. The number of hydrogen-bond acceptors (Lipinski definition) is 5. The molecule has 2 N–H and O–H groups in total. The van der Waals surface area contributed by atoms with Crippen molar-refractivity contribution in [2.45, 2.75) is 41.6 Å². The van der Waals surface area contributed by atoms with Crippen molar-refractivity contribution >= 4 is 55.8 Å². The van der Waals surface area contributed by atoms with E-state index in [0.717, 1.165) is 15.2 Å². The zero-order chi connectivity index (χ0) is 18.2. The average Bonchev–Trinajstić information content (AvgIpc) is 3.06. The first-order chi connectivity index (χ1) is 11.7. The van der Waals surface area contributed by atoms with Crippen molar-refractivity contribution in [2.24, 2.45) is 5.92 Å². The van der Waals surface area contributed by atoms with Crippen LogP contribution in [0.15, 0.2) is 29.0 Å². The van der Waals surface area contributed by atoms with Crippen LogP contribution in [0, 0.1) is 5.92 Å². The summed E-state index contributed by atoms with van der Waals surface area (Å²) in [5.74, 6) is -0.757. The van der Waals surface area contributed by atoms with Gasteiger partial charge in [-0.2, -0.15) is 0 Å². The Hall–Kier alpha value is -0.580. The molecule has 2 aromatic rings. The summed E-state index contributed by atoms with van der Waals surface area (Å²) in [6.07, 6.45) is 4.22. The van der Waals surface area contributed by atoms with Crippen LogP contribution >= 0.6 is 49.9 Å². The number of carboxylic acid groups (broad SMARTS) is 1. The number of carboxylic acids is 1. The molecule has 1 atom stereocenters. The van der Waals surface area contributed by atoms with Crippen LogP contribution in [0.3, 0.4) is 0 Å². The molecule has 8 heteroatoms. The van der Waals surface area contributed by atoms with Crippen molar-refractivity contribution in [3.63, 3.8) is 0 Å². The summed E-state index contributed by atoms with van der Waals surface area (Å²) in [5.41, 5.74) is -0.250. The van der Waals surface area contributed by atoms with Crippen LogP contribution in [-0.2, 0) is 10.4 Å². The Kier molecular flexibility index (Phi) is 5.53. The maximum absolute atomic E-state index is 11.4. The van der Waals surface area contributed by atoms with Gasteiger partial charge in [0.25, 0.3) is 0 Å². The van der Waals surface area contributed by atoms with Gasteiger partial charge < -0.3 is 10.2 Å². The van der Waals surface area contributed by atoms with Crippen molar-refractivity contribution in [1.82, 2.24) is 9.97 Å². The lowest BCUT2D eigenvalue weighted by atomic mass is 9.74. The molecule has 1 saturated carbocycles. The molecule has 0 amide bonds. The number of carbonyl (C=O) groups is 1. The fourth-order valence-electron chi connectivity index (χ4n) is 3.20. The monoisotopic (exact) mass is 536 g/mol. The van der Waals surface area contributed by atoms with Gasteiger partial charge in [0.2, 0.25) is 0 Å². The highest BCUT2D eigenvalue weighted by molar-refractivity contribution is 14.1. The number of alkyl halides is 1. The molecule has 0 spiro atoms. The molecule has 1 unspecified atom stereocenters. The van der Waals surface area contributed by atoms with Gasteiger partial charge in [-0.15, -0.1) is 11.3 Å². The van der Waals surface area contributed by atoms with Crippen LogP contribution in [0.2, 0.25) is 0 Å². The Bertz CT molecular complexity index is 788. The maximum atomic E-state index is 11.4. The van der Waals surface area contributed by atoms with E-state index in [9.17, 15) is 15.0 Å². The number of aromatic nitrogens is 2. The van der Waals surface area contributed by atoms with Gasteiger partial charge in [-0.05, 0) is 66.6 Å². The zero-order valence-corrected chi connectivity index (χ0v) is 18.1. The molecule has 1 aliphatic rings. The molecule has 1 aliphatic carbocycles. The molecule has 2 aromatic heterocycles. The summed E-state index contributed by atoms with van der Waals surface area (Å²) in [7, 11) is 0. The standard InChI is InChI=1S/C17H18BrIN2O3S/c1-16(24,10-5-7-17(19,8-6-10)15(22)23)14-20-9-12(25-14)11-3-2-4-13(18)21-11/h2-4,9-10,24H,5-8H2,1H3,(H,22,23). The molecule has 5 nitrogen and oxygen atoms in total. The molecule has 0 radical (unpaired) electrons. The Morgan fingerprint density at radius 3 is 2.72 bits per heavy atom. The summed E-state index contributed by atoms with van der Waals surface area (Å²) < 4.78 is 0.0459. The SMILES string of the molecule is CC(O)(c1ncc(-c2cccc(Br)n2)s1)C1CCC(I)(C(=O)O)CC1. The summed E-state index contributed by atoms with van der Waals surface area (Å²) in [4.78, 5) is 21.2. The minimum absolute atomic E-state index is 0.00390. The van der Waals surface area contributed by atoms with Crippen LogP contribution in [0.1, 0.15) is 37.6 Å². The molecule has 134 valence electrons. The average molecular weight is 537 g/mol. The summed E-state index contributed by atoms with van der Waals surface area (Å²) >= 11 is 6.85. The predicted octanol–water partition coefficient (Wildman–Crippen LogP) is 4.62. The molecule has 1 fully saturated rings. The number of pyridine rings is 1. The molecule has 2 heterocycles. The summed E-state index contributed by atoms with van der Waals surface area (Å²) in [5, 5.41) is 21.1. The van der Waals surface area contributed by atoms with Crippen molar-refractivity contribution < 1.29 is 15.0 Å². The van der Waals surface area contributed by atoms with Gasteiger partial charge >= 0.3 is 5.97 Å². The van der Waals surface area contributed by atoms with E-state index in [1.165, 1.54) is 11.3 Å². The highest BCUT2D eigenvalue weighted by atomic mass is 127. The highest BCUT2D eigenvalue weighted by Gasteiger charge is 2.45. The number of nitrogens with zero attached hydrogens (tertiary/aromatic N) is 2. The fraction of sp³-hybridized carbons (Fsp3) is 0.471. The lowest BCUT2D eigenvalue weighted by Gasteiger charge is -2.39. The van der Waals surface area contributed by atoms with Gasteiger partial charge in [0, 0.05) is 6.20 Å². The normalized spacial score (nSPS) is 26.2. The van der Waals surface area contributed by atoms with Crippen LogP contribution < -0.4 is 0 Å². The number of hydrogen-bond donors (Lipinski definition) is 2. The van der Waals surface area contributed by atoms with Crippen LogP contribution in [0.5, 0.6) is 0 Å². The molecular weight excluding hydrogens is 519 g/mol. The Balaban J connectivity index is 1.79. The van der Waals surface area contributed by atoms with E-state index < -0.39 is 15.0 Å². The van der Waals surface area contributed by atoms with Gasteiger partial charge in [0.1, 0.15) is 18.6 Å². The van der Waals surface area contributed by atoms with Gasteiger partial charge in [-0.25, -0.2) is 9.97 Å². The van der Waals surface area contributed by atoms with E-state index in [2.05, 4.69) is 25.9 Å². The first-order valence-electron chi connectivity index (χ1n) is 7.96. The molecule has 0 aromatic carbocycles. The van der Waals surface area contributed by atoms with E-state index >= 15 is 0 Å². The van der Waals surface area contributed by atoms with Crippen molar-refractivity contribution in [2.75, 3.05) is 0 Å². The predicted molar refractivity (Wildman–Crippen MR) is 109 cm³/mol. The maximum Gasteiger partial charge on any atom is 0.319 e. The third-order valence-corrected chi connectivity index (χ3v) is 8.09. The van der Waals surface area contributed by atoms with Crippen molar-refractivity contribution in [1.29, 1.82) is 0 Å². The van der Waals surface area contributed by atoms with Gasteiger partial charge in [0.15, 0.2) is 0 Å². The van der Waals surface area contributed by atoms with Gasteiger partial charge in [-0.3, -0.25) is 4.79 Å². The molecule has 25 heavy (non-hydrogen) atoms. The summed E-state index contributed by atoms with van der Waals surface area (Å²) in [6, 6.07) is 5.69. The zero-order valence-electron chi connectivity index (χ0n) is 13.6. The largest absolute Gasteiger partial charge is 0.480 e. The van der Waals surface area contributed by atoms with E-state index in [0.29, 0.717) is 30.7 Å².